The molecule has 2 rings (SSSR count). The SMILES string of the molecule is Cn1nc(C2CCCCC2)nc1CCCCN. The van der Waals surface area contributed by atoms with Crippen LogP contribution >= 0.6 is 0 Å². The van der Waals surface area contributed by atoms with Crippen molar-refractivity contribution in [2.45, 2.75) is 57.3 Å². The number of hydrogen-bond donors (Lipinski definition) is 1. The summed E-state index contributed by atoms with van der Waals surface area (Å²) in [5.74, 6) is 2.81. The van der Waals surface area contributed by atoms with Gasteiger partial charge in [0.1, 0.15) is 5.82 Å². The van der Waals surface area contributed by atoms with Crippen LogP contribution in [0.3, 0.4) is 0 Å². The molecule has 0 unspecified atom stereocenters. The summed E-state index contributed by atoms with van der Waals surface area (Å²) in [7, 11) is 2.01. The minimum atomic E-state index is 0.609. The van der Waals surface area contributed by atoms with E-state index in [-0.39, 0.29) is 0 Å². The number of aromatic nitrogens is 3. The molecule has 0 aromatic carbocycles. The molecule has 96 valence electrons. The zero-order valence-corrected chi connectivity index (χ0v) is 10.9. The first kappa shape index (κ1) is 12.6. The van der Waals surface area contributed by atoms with Gasteiger partial charge in [0, 0.05) is 19.4 Å². The van der Waals surface area contributed by atoms with Crippen LogP contribution in [-0.4, -0.2) is 21.3 Å². The van der Waals surface area contributed by atoms with Gasteiger partial charge in [0.25, 0.3) is 0 Å². The maximum Gasteiger partial charge on any atom is 0.154 e. The predicted octanol–water partition coefficient (Wildman–Crippen LogP) is 2.14. The van der Waals surface area contributed by atoms with E-state index in [0.717, 1.165) is 37.5 Å². The van der Waals surface area contributed by atoms with E-state index < -0.39 is 0 Å². The van der Waals surface area contributed by atoms with Crippen molar-refractivity contribution in [3.05, 3.63) is 11.6 Å². The van der Waals surface area contributed by atoms with Gasteiger partial charge in [-0.1, -0.05) is 19.3 Å². The van der Waals surface area contributed by atoms with Gasteiger partial charge < -0.3 is 5.73 Å². The van der Waals surface area contributed by atoms with Crippen LogP contribution in [0.15, 0.2) is 0 Å². The van der Waals surface area contributed by atoms with E-state index in [1.165, 1.54) is 32.1 Å². The Kier molecular flexibility index (Phi) is 4.54. The summed E-state index contributed by atoms with van der Waals surface area (Å²) >= 11 is 0. The van der Waals surface area contributed by atoms with Crippen LogP contribution in [0.1, 0.15) is 62.5 Å². The van der Waals surface area contributed by atoms with Crippen LogP contribution in [0.5, 0.6) is 0 Å². The number of unbranched alkanes of at least 4 members (excludes halogenated alkanes) is 1. The van der Waals surface area contributed by atoms with Gasteiger partial charge in [0.15, 0.2) is 5.82 Å². The highest BCUT2D eigenvalue weighted by atomic mass is 15.3. The fourth-order valence-electron chi connectivity index (χ4n) is 2.62. The standard InChI is InChI=1S/C13H24N4/c1-17-12(9-5-6-10-14)15-13(16-17)11-7-3-2-4-8-11/h11H,2-10,14H2,1H3. The van der Waals surface area contributed by atoms with Gasteiger partial charge >= 0.3 is 0 Å². The fraction of sp³-hybridized carbons (Fsp3) is 0.846. The number of hydrogen-bond acceptors (Lipinski definition) is 3. The third-order valence-electron chi connectivity index (χ3n) is 3.69. The van der Waals surface area contributed by atoms with Gasteiger partial charge in [-0.2, -0.15) is 5.10 Å². The maximum atomic E-state index is 5.51. The van der Waals surface area contributed by atoms with Crippen molar-refractivity contribution in [2.24, 2.45) is 12.8 Å². The Morgan fingerprint density at radius 3 is 2.71 bits per heavy atom. The monoisotopic (exact) mass is 236 g/mol. The van der Waals surface area contributed by atoms with Gasteiger partial charge in [-0.15, -0.1) is 0 Å². The van der Waals surface area contributed by atoms with Gasteiger partial charge in [0.05, 0.1) is 0 Å². The van der Waals surface area contributed by atoms with Gasteiger partial charge in [-0.3, -0.25) is 4.68 Å². The van der Waals surface area contributed by atoms with E-state index >= 15 is 0 Å². The molecule has 17 heavy (non-hydrogen) atoms. The van der Waals surface area contributed by atoms with E-state index in [1.54, 1.807) is 0 Å². The third-order valence-corrected chi connectivity index (χ3v) is 3.69. The Labute approximate surface area is 104 Å². The summed E-state index contributed by atoms with van der Waals surface area (Å²) in [5.41, 5.74) is 5.51. The minimum Gasteiger partial charge on any atom is -0.330 e. The van der Waals surface area contributed by atoms with Crippen molar-refractivity contribution in [2.75, 3.05) is 6.54 Å². The van der Waals surface area contributed by atoms with E-state index in [1.807, 2.05) is 11.7 Å². The second kappa shape index (κ2) is 6.15. The summed E-state index contributed by atoms with van der Waals surface area (Å²) in [6, 6.07) is 0. The Morgan fingerprint density at radius 2 is 2.00 bits per heavy atom. The topological polar surface area (TPSA) is 56.7 Å². The lowest BCUT2D eigenvalue weighted by atomic mass is 9.89. The first-order valence-corrected chi connectivity index (χ1v) is 6.91. The fourth-order valence-corrected chi connectivity index (χ4v) is 2.62. The maximum absolute atomic E-state index is 5.51. The third kappa shape index (κ3) is 3.28. The smallest absolute Gasteiger partial charge is 0.154 e. The molecular weight excluding hydrogens is 212 g/mol. The highest BCUT2D eigenvalue weighted by Gasteiger charge is 2.20. The molecule has 0 spiro atoms. The van der Waals surface area contributed by atoms with Crippen molar-refractivity contribution < 1.29 is 0 Å². The first-order chi connectivity index (χ1) is 8.31. The van der Waals surface area contributed by atoms with Crippen molar-refractivity contribution in [3.63, 3.8) is 0 Å². The number of nitrogens with zero attached hydrogens (tertiary/aromatic N) is 3. The zero-order valence-electron chi connectivity index (χ0n) is 10.9. The molecule has 0 bridgehead atoms. The molecule has 0 saturated heterocycles. The predicted molar refractivity (Wildman–Crippen MR) is 68.8 cm³/mol. The molecule has 4 heteroatoms. The first-order valence-electron chi connectivity index (χ1n) is 6.91. The van der Waals surface area contributed by atoms with E-state index in [0.29, 0.717) is 5.92 Å². The molecule has 0 atom stereocenters. The number of nitrogens with two attached hydrogens (primary N) is 1. The zero-order chi connectivity index (χ0) is 12.1. The van der Waals surface area contributed by atoms with Crippen molar-refractivity contribution >= 4 is 0 Å². The van der Waals surface area contributed by atoms with Crippen LogP contribution in [-0.2, 0) is 13.5 Å². The highest BCUT2D eigenvalue weighted by molar-refractivity contribution is 5.00. The second-order valence-corrected chi connectivity index (χ2v) is 5.09. The van der Waals surface area contributed by atoms with Crippen LogP contribution in [0.4, 0.5) is 0 Å². The Hall–Kier alpha value is -0.900. The largest absolute Gasteiger partial charge is 0.330 e. The van der Waals surface area contributed by atoms with Crippen LogP contribution in [0.25, 0.3) is 0 Å². The molecular formula is C13H24N4. The second-order valence-electron chi connectivity index (χ2n) is 5.09. The lowest BCUT2D eigenvalue weighted by Gasteiger charge is -2.18. The highest BCUT2D eigenvalue weighted by Crippen LogP contribution is 2.30. The Bertz CT molecular complexity index is 339. The molecule has 2 N–H and O–H groups in total. The summed E-state index contributed by atoms with van der Waals surface area (Å²) in [4.78, 5) is 4.72. The Balaban J connectivity index is 1.96. The lowest BCUT2D eigenvalue weighted by Crippen LogP contribution is -2.06. The van der Waals surface area contributed by atoms with Gasteiger partial charge in [0.2, 0.25) is 0 Å². The summed E-state index contributed by atoms with van der Waals surface area (Å²) in [5, 5.41) is 4.59. The Morgan fingerprint density at radius 1 is 1.24 bits per heavy atom. The molecule has 1 aliphatic carbocycles. The number of aryl methyl sites for hydroxylation is 2. The summed E-state index contributed by atoms with van der Waals surface area (Å²) < 4.78 is 1.96. The normalized spacial score (nSPS) is 17.5. The molecule has 1 heterocycles. The van der Waals surface area contributed by atoms with Crippen molar-refractivity contribution in [1.29, 1.82) is 0 Å². The molecule has 1 aromatic heterocycles. The molecule has 1 aliphatic rings. The average Bonchev–Trinajstić information content (AvgIpc) is 2.73. The molecule has 1 fully saturated rings. The minimum absolute atomic E-state index is 0.609. The van der Waals surface area contributed by atoms with Crippen molar-refractivity contribution in [1.82, 2.24) is 14.8 Å². The van der Waals surface area contributed by atoms with E-state index in [2.05, 4.69) is 5.10 Å². The van der Waals surface area contributed by atoms with Gasteiger partial charge in [-0.25, -0.2) is 4.98 Å². The average molecular weight is 236 g/mol. The van der Waals surface area contributed by atoms with Crippen LogP contribution in [0, 0.1) is 0 Å². The van der Waals surface area contributed by atoms with E-state index in [4.69, 9.17) is 10.7 Å². The molecule has 0 amide bonds. The molecule has 0 radical (unpaired) electrons. The lowest BCUT2D eigenvalue weighted by molar-refractivity contribution is 0.427. The van der Waals surface area contributed by atoms with Crippen LogP contribution in [0.2, 0.25) is 0 Å². The molecule has 1 aromatic rings. The summed E-state index contributed by atoms with van der Waals surface area (Å²) in [6.45, 7) is 0.771. The van der Waals surface area contributed by atoms with Gasteiger partial charge in [-0.05, 0) is 32.2 Å². The quantitative estimate of drug-likeness (QED) is 0.797. The van der Waals surface area contributed by atoms with Crippen molar-refractivity contribution in [3.8, 4) is 0 Å². The van der Waals surface area contributed by atoms with E-state index in [9.17, 15) is 0 Å². The van der Waals surface area contributed by atoms with Crippen LogP contribution < -0.4 is 5.73 Å². The number of rotatable bonds is 5. The molecule has 4 nitrogen and oxygen atoms in total. The molecule has 1 saturated carbocycles. The summed E-state index contributed by atoms with van der Waals surface area (Å²) in [6.07, 6.45) is 9.80. The molecule has 0 aliphatic heterocycles.